The van der Waals surface area contributed by atoms with Crippen molar-refractivity contribution < 1.29 is 14.0 Å². The van der Waals surface area contributed by atoms with Crippen molar-refractivity contribution in [1.82, 2.24) is 10.0 Å². The molecule has 2 rings (SSSR count). The highest BCUT2D eigenvalue weighted by molar-refractivity contribution is 7.99. The third-order valence-corrected chi connectivity index (χ3v) is 3.99. The van der Waals surface area contributed by atoms with Crippen LogP contribution >= 0.6 is 11.8 Å². The predicted molar refractivity (Wildman–Crippen MR) is 78.6 cm³/mol. The van der Waals surface area contributed by atoms with Crippen LogP contribution < -0.4 is 0 Å². The van der Waals surface area contributed by atoms with E-state index in [1.807, 2.05) is 6.92 Å². The van der Waals surface area contributed by atoms with Crippen molar-refractivity contribution >= 4 is 17.7 Å². The highest BCUT2D eigenvalue weighted by Gasteiger charge is 2.13. The SMILES string of the molecule is CON(C)C(=O)c1cnc(Sc2ccc(F)cc2)c(C)c1. The van der Waals surface area contributed by atoms with Crippen LogP contribution in [0.5, 0.6) is 0 Å². The molecule has 0 spiro atoms. The van der Waals surface area contributed by atoms with E-state index in [1.165, 1.54) is 37.2 Å². The fourth-order valence-electron chi connectivity index (χ4n) is 1.67. The number of benzene rings is 1. The first-order valence-electron chi connectivity index (χ1n) is 6.23. The number of amides is 1. The molecule has 0 atom stereocenters. The quantitative estimate of drug-likeness (QED) is 0.813. The number of pyridine rings is 1. The number of rotatable bonds is 4. The number of halogens is 1. The Kier molecular flexibility index (Phi) is 4.93. The van der Waals surface area contributed by atoms with Gasteiger partial charge in [-0.2, -0.15) is 0 Å². The number of hydrogen-bond acceptors (Lipinski definition) is 4. The molecule has 0 aliphatic carbocycles. The maximum Gasteiger partial charge on any atom is 0.278 e. The van der Waals surface area contributed by atoms with Crippen LogP contribution in [0.15, 0.2) is 46.5 Å². The van der Waals surface area contributed by atoms with Gasteiger partial charge in [-0.15, -0.1) is 0 Å². The molecule has 21 heavy (non-hydrogen) atoms. The maximum atomic E-state index is 12.9. The van der Waals surface area contributed by atoms with E-state index in [2.05, 4.69) is 4.98 Å². The second-order valence-electron chi connectivity index (χ2n) is 4.39. The zero-order valence-electron chi connectivity index (χ0n) is 12.0. The largest absolute Gasteiger partial charge is 0.278 e. The normalized spacial score (nSPS) is 10.5. The van der Waals surface area contributed by atoms with E-state index in [-0.39, 0.29) is 11.7 Å². The molecule has 0 N–H and O–H groups in total. The summed E-state index contributed by atoms with van der Waals surface area (Å²) in [5.74, 6) is -0.529. The number of hydroxylamine groups is 2. The van der Waals surface area contributed by atoms with Crippen molar-refractivity contribution in [2.24, 2.45) is 0 Å². The van der Waals surface area contributed by atoms with Crippen molar-refractivity contribution in [2.45, 2.75) is 16.8 Å². The van der Waals surface area contributed by atoms with E-state index in [4.69, 9.17) is 4.84 Å². The summed E-state index contributed by atoms with van der Waals surface area (Å²) in [6, 6.07) is 7.96. The van der Waals surface area contributed by atoms with Crippen molar-refractivity contribution in [3.63, 3.8) is 0 Å². The van der Waals surface area contributed by atoms with Crippen LogP contribution in [-0.4, -0.2) is 30.1 Å². The highest BCUT2D eigenvalue weighted by atomic mass is 32.2. The van der Waals surface area contributed by atoms with E-state index < -0.39 is 0 Å². The molecule has 1 aromatic heterocycles. The molecule has 6 heteroatoms. The van der Waals surface area contributed by atoms with Crippen molar-refractivity contribution in [2.75, 3.05) is 14.2 Å². The molecule has 0 radical (unpaired) electrons. The van der Waals surface area contributed by atoms with Gasteiger partial charge in [-0.05, 0) is 42.8 Å². The lowest BCUT2D eigenvalue weighted by molar-refractivity contribution is -0.0757. The average Bonchev–Trinajstić information content (AvgIpc) is 2.50. The maximum absolute atomic E-state index is 12.9. The first kappa shape index (κ1) is 15.5. The minimum absolute atomic E-state index is 0.258. The number of hydrogen-bond donors (Lipinski definition) is 0. The molecule has 4 nitrogen and oxygen atoms in total. The third-order valence-electron chi connectivity index (χ3n) is 2.87. The van der Waals surface area contributed by atoms with Gasteiger partial charge >= 0.3 is 0 Å². The second kappa shape index (κ2) is 6.69. The predicted octanol–water partition coefficient (Wildman–Crippen LogP) is 3.31. The smallest absolute Gasteiger partial charge is 0.274 e. The Hall–Kier alpha value is -1.92. The minimum atomic E-state index is -0.271. The van der Waals surface area contributed by atoms with Gasteiger partial charge in [0.25, 0.3) is 5.91 Å². The Bertz CT molecular complexity index is 647. The lowest BCUT2D eigenvalue weighted by atomic mass is 10.2. The Morgan fingerprint density at radius 3 is 2.57 bits per heavy atom. The molecule has 0 aliphatic rings. The average molecular weight is 306 g/mol. The molecule has 1 aromatic carbocycles. The molecule has 110 valence electrons. The summed E-state index contributed by atoms with van der Waals surface area (Å²) in [5, 5.41) is 1.92. The molecule has 0 saturated heterocycles. The summed E-state index contributed by atoms with van der Waals surface area (Å²) in [6.45, 7) is 1.88. The molecule has 0 unspecified atom stereocenters. The molecule has 0 fully saturated rings. The van der Waals surface area contributed by atoms with Crippen LogP contribution in [0.25, 0.3) is 0 Å². The molecule has 0 aliphatic heterocycles. The van der Waals surface area contributed by atoms with E-state index in [0.717, 1.165) is 20.5 Å². The summed E-state index contributed by atoms with van der Waals surface area (Å²) >= 11 is 1.42. The van der Waals surface area contributed by atoms with Gasteiger partial charge in [0, 0.05) is 18.1 Å². The number of carbonyl (C=O) groups excluding carboxylic acids is 1. The van der Waals surface area contributed by atoms with Crippen LogP contribution in [0.3, 0.4) is 0 Å². The van der Waals surface area contributed by atoms with Crippen LogP contribution in [-0.2, 0) is 4.84 Å². The number of nitrogens with zero attached hydrogens (tertiary/aromatic N) is 2. The van der Waals surface area contributed by atoms with E-state index >= 15 is 0 Å². The summed E-state index contributed by atoms with van der Waals surface area (Å²) in [4.78, 5) is 22.0. The Labute approximate surface area is 126 Å². The molecular formula is C15H15FN2O2S. The van der Waals surface area contributed by atoms with Gasteiger partial charge in [-0.3, -0.25) is 9.63 Å². The highest BCUT2D eigenvalue weighted by Crippen LogP contribution is 2.28. The van der Waals surface area contributed by atoms with Crippen LogP contribution in [0, 0.1) is 12.7 Å². The molecule has 0 saturated carbocycles. The van der Waals surface area contributed by atoms with Crippen LogP contribution in [0.4, 0.5) is 4.39 Å². The summed E-state index contributed by atoms with van der Waals surface area (Å²) < 4.78 is 12.9. The lowest BCUT2D eigenvalue weighted by Crippen LogP contribution is -2.25. The van der Waals surface area contributed by atoms with Gasteiger partial charge < -0.3 is 0 Å². The van der Waals surface area contributed by atoms with Crippen LogP contribution in [0.1, 0.15) is 15.9 Å². The molecular weight excluding hydrogens is 291 g/mol. The molecule has 1 heterocycles. The lowest BCUT2D eigenvalue weighted by Gasteiger charge is -2.14. The van der Waals surface area contributed by atoms with Gasteiger partial charge in [0.1, 0.15) is 10.8 Å². The first-order chi connectivity index (χ1) is 10.0. The van der Waals surface area contributed by atoms with E-state index in [9.17, 15) is 9.18 Å². The summed E-state index contributed by atoms with van der Waals surface area (Å²) in [5.41, 5.74) is 1.33. The van der Waals surface area contributed by atoms with Crippen molar-refractivity contribution in [1.29, 1.82) is 0 Å². The molecule has 1 amide bonds. The van der Waals surface area contributed by atoms with Gasteiger partial charge in [-0.25, -0.2) is 14.4 Å². The fourth-order valence-corrected chi connectivity index (χ4v) is 2.49. The van der Waals surface area contributed by atoms with E-state index in [0.29, 0.717) is 5.56 Å². The fraction of sp³-hybridized carbons (Fsp3) is 0.200. The standard InChI is InChI=1S/C15H15FN2O2S/c1-10-8-11(15(19)18(2)20-3)9-17-14(10)21-13-6-4-12(16)5-7-13/h4-9H,1-3H3. The Morgan fingerprint density at radius 2 is 2.00 bits per heavy atom. The first-order valence-corrected chi connectivity index (χ1v) is 7.05. The van der Waals surface area contributed by atoms with Gasteiger partial charge in [0.2, 0.25) is 0 Å². The number of aryl methyl sites for hydroxylation is 1. The summed E-state index contributed by atoms with van der Waals surface area (Å²) in [7, 11) is 2.97. The van der Waals surface area contributed by atoms with Gasteiger partial charge in [-0.1, -0.05) is 11.8 Å². The third kappa shape index (κ3) is 3.80. The summed E-state index contributed by atoms with van der Waals surface area (Å²) in [6.07, 6.45) is 1.51. The zero-order chi connectivity index (χ0) is 15.4. The second-order valence-corrected chi connectivity index (χ2v) is 5.45. The molecule has 2 aromatic rings. The topological polar surface area (TPSA) is 42.4 Å². The van der Waals surface area contributed by atoms with Gasteiger partial charge in [0.05, 0.1) is 12.7 Å². The van der Waals surface area contributed by atoms with Gasteiger partial charge in [0.15, 0.2) is 0 Å². The Balaban J connectivity index is 2.19. The molecule has 0 bridgehead atoms. The number of aromatic nitrogens is 1. The Morgan fingerprint density at radius 1 is 1.33 bits per heavy atom. The van der Waals surface area contributed by atoms with Crippen molar-refractivity contribution in [3.8, 4) is 0 Å². The van der Waals surface area contributed by atoms with E-state index in [1.54, 1.807) is 25.2 Å². The van der Waals surface area contributed by atoms with Crippen molar-refractivity contribution in [3.05, 3.63) is 53.5 Å². The monoisotopic (exact) mass is 306 g/mol. The van der Waals surface area contributed by atoms with Crippen LogP contribution in [0.2, 0.25) is 0 Å². The zero-order valence-corrected chi connectivity index (χ0v) is 12.8. The number of carbonyl (C=O) groups is 1. The minimum Gasteiger partial charge on any atom is -0.274 e.